The number of ketones is 1. The first-order chi connectivity index (χ1) is 14.7. The van der Waals surface area contributed by atoms with Crippen molar-refractivity contribution in [3.05, 3.63) is 95.5 Å². The van der Waals surface area contributed by atoms with Crippen molar-refractivity contribution in [1.29, 1.82) is 0 Å². The van der Waals surface area contributed by atoms with E-state index in [9.17, 15) is 4.79 Å². The van der Waals surface area contributed by atoms with Crippen molar-refractivity contribution in [1.82, 2.24) is 4.98 Å². The van der Waals surface area contributed by atoms with E-state index in [-0.39, 0.29) is 17.7 Å². The molecule has 1 aromatic heterocycles. The van der Waals surface area contributed by atoms with Gasteiger partial charge in [0.1, 0.15) is 5.75 Å². The predicted molar refractivity (Wildman–Crippen MR) is 118 cm³/mol. The normalized spacial score (nSPS) is 20.4. The number of Topliss-reactive ketones (excluding diaryl/α,β-unsaturated/α-hetero) is 1. The average Bonchev–Trinajstić information content (AvgIpc) is 2.96. The highest BCUT2D eigenvalue weighted by Gasteiger charge is 2.36. The SMILES string of the molecule is COc1cccc(C2CC(=O)C3=C(C2)Nc2ccccc2NC3c2ccncc2)c1. The van der Waals surface area contributed by atoms with Crippen LogP contribution in [0.2, 0.25) is 0 Å². The minimum atomic E-state index is -0.210. The molecule has 2 heterocycles. The monoisotopic (exact) mass is 397 g/mol. The van der Waals surface area contributed by atoms with Crippen LogP contribution in [0.4, 0.5) is 11.4 Å². The van der Waals surface area contributed by atoms with Crippen LogP contribution in [0.3, 0.4) is 0 Å². The van der Waals surface area contributed by atoms with Crippen molar-refractivity contribution in [2.45, 2.75) is 24.8 Å². The molecule has 0 radical (unpaired) electrons. The Labute approximate surface area is 175 Å². The lowest BCUT2D eigenvalue weighted by atomic mass is 9.78. The largest absolute Gasteiger partial charge is 0.497 e. The van der Waals surface area contributed by atoms with Gasteiger partial charge in [-0.2, -0.15) is 0 Å². The fourth-order valence-corrected chi connectivity index (χ4v) is 4.43. The van der Waals surface area contributed by atoms with Gasteiger partial charge in [-0.05, 0) is 59.9 Å². The summed E-state index contributed by atoms with van der Waals surface area (Å²) < 4.78 is 5.39. The van der Waals surface area contributed by atoms with Crippen LogP contribution in [0.5, 0.6) is 5.75 Å². The zero-order valence-corrected chi connectivity index (χ0v) is 16.8. The Morgan fingerprint density at radius 1 is 0.933 bits per heavy atom. The number of para-hydroxylation sites is 2. The van der Waals surface area contributed by atoms with Crippen molar-refractivity contribution in [3.63, 3.8) is 0 Å². The number of hydrogen-bond acceptors (Lipinski definition) is 5. The molecule has 2 atom stereocenters. The molecule has 0 saturated heterocycles. The van der Waals surface area contributed by atoms with Gasteiger partial charge in [0.05, 0.1) is 24.5 Å². The number of carbonyl (C=O) groups excluding carboxylic acids is 1. The van der Waals surface area contributed by atoms with Gasteiger partial charge in [0.15, 0.2) is 5.78 Å². The molecule has 0 amide bonds. The van der Waals surface area contributed by atoms with Gasteiger partial charge in [0.25, 0.3) is 0 Å². The molecular weight excluding hydrogens is 374 g/mol. The van der Waals surface area contributed by atoms with Gasteiger partial charge in [-0.25, -0.2) is 0 Å². The van der Waals surface area contributed by atoms with Crippen LogP contribution >= 0.6 is 0 Å². The molecule has 2 N–H and O–H groups in total. The number of methoxy groups -OCH3 is 1. The van der Waals surface area contributed by atoms with E-state index in [2.05, 4.69) is 21.7 Å². The van der Waals surface area contributed by atoms with Crippen molar-refractivity contribution < 1.29 is 9.53 Å². The summed E-state index contributed by atoms with van der Waals surface area (Å²) >= 11 is 0. The molecule has 5 nitrogen and oxygen atoms in total. The summed E-state index contributed by atoms with van der Waals surface area (Å²) in [6.45, 7) is 0. The third kappa shape index (κ3) is 3.32. The van der Waals surface area contributed by atoms with Crippen LogP contribution in [0.1, 0.15) is 35.9 Å². The van der Waals surface area contributed by atoms with Gasteiger partial charge in [0, 0.05) is 30.1 Å². The van der Waals surface area contributed by atoms with E-state index in [1.807, 2.05) is 54.6 Å². The lowest BCUT2D eigenvalue weighted by Gasteiger charge is -2.30. The summed E-state index contributed by atoms with van der Waals surface area (Å²) in [6, 6.07) is 19.9. The first-order valence-corrected chi connectivity index (χ1v) is 10.2. The first kappa shape index (κ1) is 18.4. The number of fused-ring (bicyclic) bond motifs is 1. The number of aromatic nitrogens is 1. The van der Waals surface area contributed by atoms with Crippen LogP contribution in [0, 0.1) is 0 Å². The molecule has 5 heteroatoms. The van der Waals surface area contributed by atoms with Gasteiger partial charge >= 0.3 is 0 Å². The van der Waals surface area contributed by atoms with E-state index in [0.29, 0.717) is 6.42 Å². The molecule has 0 fully saturated rings. The summed E-state index contributed by atoms with van der Waals surface area (Å²) in [6.07, 6.45) is 4.79. The summed E-state index contributed by atoms with van der Waals surface area (Å²) in [5.41, 5.74) is 5.93. The maximum atomic E-state index is 13.5. The van der Waals surface area contributed by atoms with E-state index in [0.717, 1.165) is 45.9 Å². The molecule has 0 spiro atoms. The highest BCUT2D eigenvalue weighted by Crippen LogP contribution is 2.44. The van der Waals surface area contributed by atoms with Crippen LogP contribution in [0.15, 0.2) is 84.3 Å². The summed E-state index contributed by atoms with van der Waals surface area (Å²) in [4.78, 5) is 17.6. The van der Waals surface area contributed by atoms with Crippen LogP contribution in [-0.2, 0) is 4.79 Å². The third-order valence-electron chi connectivity index (χ3n) is 5.91. The van der Waals surface area contributed by atoms with Gasteiger partial charge in [-0.15, -0.1) is 0 Å². The number of anilines is 2. The third-order valence-corrected chi connectivity index (χ3v) is 5.91. The Balaban J connectivity index is 1.59. The minimum absolute atomic E-state index is 0.113. The van der Waals surface area contributed by atoms with Gasteiger partial charge in [-0.1, -0.05) is 24.3 Å². The highest BCUT2D eigenvalue weighted by atomic mass is 16.5. The zero-order valence-electron chi connectivity index (χ0n) is 16.8. The fraction of sp³-hybridized carbons (Fsp3) is 0.200. The van der Waals surface area contributed by atoms with Crippen LogP contribution in [0.25, 0.3) is 0 Å². The number of pyridine rings is 1. The summed E-state index contributed by atoms with van der Waals surface area (Å²) in [5.74, 6) is 1.09. The lowest BCUT2D eigenvalue weighted by Crippen LogP contribution is -2.26. The second-order valence-electron chi connectivity index (χ2n) is 7.73. The Bertz CT molecular complexity index is 1120. The Hall–Kier alpha value is -3.60. The van der Waals surface area contributed by atoms with E-state index in [1.54, 1.807) is 19.5 Å². The minimum Gasteiger partial charge on any atom is -0.497 e. The quantitative estimate of drug-likeness (QED) is 0.646. The van der Waals surface area contributed by atoms with Crippen molar-refractivity contribution >= 4 is 17.2 Å². The summed E-state index contributed by atoms with van der Waals surface area (Å²) in [7, 11) is 1.67. The number of carbonyl (C=O) groups is 1. The van der Waals surface area contributed by atoms with Crippen molar-refractivity contribution in [2.75, 3.05) is 17.7 Å². The molecule has 0 saturated carbocycles. The maximum absolute atomic E-state index is 13.5. The number of ether oxygens (including phenoxy) is 1. The second-order valence-corrected chi connectivity index (χ2v) is 7.73. The number of hydrogen-bond donors (Lipinski definition) is 2. The van der Waals surface area contributed by atoms with Gasteiger partial charge in [-0.3, -0.25) is 9.78 Å². The van der Waals surface area contributed by atoms with E-state index in [4.69, 9.17) is 4.74 Å². The number of rotatable bonds is 3. The zero-order chi connectivity index (χ0) is 20.5. The molecule has 2 unspecified atom stereocenters. The van der Waals surface area contributed by atoms with Crippen LogP contribution < -0.4 is 15.4 Å². The molecule has 0 bridgehead atoms. The topological polar surface area (TPSA) is 63.2 Å². The van der Waals surface area contributed by atoms with E-state index >= 15 is 0 Å². The molecule has 1 aliphatic heterocycles. The van der Waals surface area contributed by atoms with Crippen LogP contribution in [-0.4, -0.2) is 17.9 Å². The molecule has 1 aliphatic carbocycles. The lowest BCUT2D eigenvalue weighted by molar-refractivity contribution is -0.116. The number of benzene rings is 2. The maximum Gasteiger partial charge on any atom is 0.163 e. The molecule has 30 heavy (non-hydrogen) atoms. The molecule has 150 valence electrons. The predicted octanol–water partition coefficient (Wildman–Crippen LogP) is 5.07. The first-order valence-electron chi connectivity index (χ1n) is 10.2. The van der Waals surface area contributed by atoms with Gasteiger partial charge < -0.3 is 15.4 Å². The Morgan fingerprint density at radius 3 is 2.53 bits per heavy atom. The average molecular weight is 397 g/mol. The van der Waals surface area contributed by atoms with Crippen molar-refractivity contribution in [2.24, 2.45) is 0 Å². The standard InChI is InChI=1S/C25H23N3O2/c1-30-19-6-4-5-17(13-19)18-14-22-24(23(29)15-18)25(16-9-11-26-12-10-16)28-21-8-3-2-7-20(21)27-22/h2-13,18,25,27-28H,14-15H2,1H3. The highest BCUT2D eigenvalue weighted by molar-refractivity contribution is 6.01. The van der Waals surface area contributed by atoms with E-state index in [1.165, 1.54) is 0 Å². The number of nitrogens with one attached hydrogen (secondary N) is 2. The fourth-order valence-electron chi connectivity index (χ4n) is 4.43. The molecule has 3 aromatic rings. The second kappa shape index (κ2) is 7.67. The van der Waals surface area contributed by atoms with Gasteiger partial charge in [0.2, 0.25) is 0 Å². The number of nitrogens with zero attached hydrogens (tertiary/aromatic N) is 1. The molecule has 2 aromatic carbocycles. The Kier molecular flexibility index (Phi) is 4.71. The van der Waals surface area contributed by atoms with E-state index < -0.39 is 0 Å². The smallest absolute Gasteiger partial charge is 0.163 e. The molecule has 5 rings (SSSR count). The summed E-state index contributed by atoms with van der Waals surface area (Å²) in [5, 5.41) is 7.16. The Morgan fingerprint density at radius 2 is 1.73 bits per heavy atom. The van der Waals surface area contributed by atoms with Crippen molar-refractivity contribution in [3.8, 4) is 5.75 Å². The number of allylic oxidation sites excluding steroid dienone is 1. The molecular formula is C25H23N3O2. The molecule has 2 aliphatic rings.